The molecule has 0 saturated heterocycles. The molecule has 0 aliphatic carbocycles. The fourth-order valence-electron chi connectivity index (χ4n) is 2.49. The van der Waals surface area contributed by atoms with Crippen LogP contribution < -0.4 is 10.6 Å². The minimum Gasteiger partial charge on any atom is -0.365 e. The van der Waals surface area contributed by atoms with Gasteiger partial charge in [0.05, 0.1) is 0 Å². The van der Waals surface area contributed by atoms with Gasteiger partial charge in [-0.3, -0.25) is 10.1 Å². The standard InChI is InChI=1S/C21H22N2O/c1-4-8-16(5-2)17-11-13-18(14-12-17)21(22-3)23-20-10-7-6-9-19(20)15-24/h4-15,21-23H,1-2H2,3H3/b16-8+. The first-order valence-corrected chi connectivity index (χ1v) is 7.77. The lowest BCUT2D eigenvalue weighted by Crippen LogP contribution is -2.25. The van der Waals surface area contributed by atoms with Crippen molar-refractivity contribution in [2.45, 2.75) is 6.17 Å². The number of para-hydroxylation sites is 1. The zero-order valence-corrected chi connectivity index (χ0v) is 13.8. The molecular weight excluding hydrogens is 296 g/mol. The van der Waals surface area contributed by atoms with Gasteiger partial charge in [0, 0.05) is 11.3 Å². The lowest BCUT2D eigenvalue weighted by atomic mass is 10.0. The molecule has 2 rings (SSSR count). The van der Waals surface area contributed by atoms with Crippen LogP contribution in [0.5, 0.6) is 0 Å². The summed E-state index contributed by atoms with van der Waals surface area (Å²) in [5, 5.41) is 6.59. The predicted molar refractivity (Wildman–Crippen MR) is 102 cm³/mol. The highest BCUT2D eigenvalue weighted by molar-refractivity contribution is 5.84. The molecule has 3 heteroatoms. The van der Waals surface area contributed by atoms with Crippen molar-refractivity contribution in [2.24, 2.45) is 0 Å². The van der Waals surface area contributed by atoms with E-state index in [4.69, 9.17) is 0 Å². The molecule has 0 fully saturated rings. The molecule has 2 N–H and O–H groups in total. The summed E-state index contributed by atoms with van der Waals surface area (Å²) >= 11 is 0. The number of carbonyl (C=O) groups is 1. The van der Waals surface area contributed by atoms with Crippen LogP contribution in [0.4, 0.5) is 5.69 Å². The Bertz CT molecular complexity index is 745. The Morgan fingerprint density at radius 1 is 1.08 bits per heavy atom. The lowest BCUT2D eigenvalue weighted by Gasteiger charge is -2.21. The van der Waals surface area contributed by atoms with Gasteiger partial charge in [0.2, 0.25) is 0 Å². The molecule has 0 aliphatic heterocycles. The first kappa shape index (κ1) is 17.4. The number of carbonyl (C=O) groups excluding carboxylic acids is 1. The van der Waals surface area contributed by atoms with Gasteiger partial charge in [-0.25, -0.2) is 0 Å². The minimum atomic E-state index is -0.101. The second kappa shape index (κ2) is 8.65. The van der Waals surface area contributed by atoms with Crippen LogP contribution in [0.2, 0.25) is 0 Å². The Hall–Kier alpha value is -2.91. The van der Waals surface area contributed by atoms with Gasteiger partial charge >= 0.3 is 0 Å². The van der Waals surface area contributed by atoms with Gasteiger partial charge in [-0.05, 0) is 35.9 Å². The summed E-state index contributed by atoms with van der Waals surface area (Å²) in [7, 11) is 1.88. The van der Waals surface area contributed by atoms with Gasteiger partial charge in [0.15, 0.2) is 6.29 Å². The molecule has 0 aliphatic rings. The van der Waals surface area contributed by atoms with Crippen LogP contribution in [0.3, 0.4) is 0 Å². The zero-order chi connectivity index (χ0) is 17.4. The SMILES string of the molecule is C=C/C=C(\C=C)c1ccc(C(NC)Nc2ccccc2C=O)cc1. The summed E-state index contributed by atoms with van der Waals surface area (Å²) in [6.07, 6.45) is 6.24. The van der Waals surface area contributed by atoms with Crippen molar-refractivity contribution in [3.8, 4) is 0 Å². The van der Waals surface area contributed by atoms with Crippen LogP contribution >= 0.6 is 0 Å². The summed E-state index contributed by atoms with van der Waals surface area (Å²) in [6.45, 7) is 7.55. The maximum absolute atomic E-state index is 11.2. The molecule has 3 nitrogen and oxygen atoms in total. The number of hydrogen-bond donors (Lipinski definition) is 2. The smallest absolute Gasteiger partial charge is 0.152 e. The van der Waals surface area contributed by atoms with E-state index in [2.05, 4.69) is 23.8 Å². The average molecular weight is 318 g/mol. The van der Waals surface area contributed by atoms with E-state index in [9.17, 15) is 4.79 Å². The van der Waals surface area contributed by atoms with E-state index in [1.54, 1.807) is 12.1 Å². The fourth-order valence-corrected chi connectivity index (χ4v) is 2.49. The molecule has 0 saturated carbocycles. The largest absolute Gasteiger partial charge is 0.365 e. The molecule has 0 bridgehead atoms. The van der Waals surface area contributed by atoms with Crippen LogP contribution in [0.25, 0.3) is 5.57 Å². The maximum Gasteiger partial charge on any atom is 0.152 e. The second-order valence-corrected chi connectivity index (χ2v) is 5.25. The Kier molecular flexibility index (Phi) is 6.29. The molecule has 0 amide bonds. The van der Waals surface area contributed by atoms with Gasteiger partial charge in [0.1, 0.15) is 6.17 Å². The highest BCUT2D eigenvalue weighted by Crippen LogP contribution is 2.22. The van der Waals surface area contributed by atoms with Crippen LogP contribution in [0.1, 0.15) is 27.7 Å². The van der Waals surface area contributed by atoms with E-state index in [-0.39, 0.29) is 6.17 Å². The van der Waals surface area contributed by atoms with Gasteiger partial charge in [-0.15, -0.1) is 0 Å². The van der Waals surface area contributed by atoms with E-state index >= 15 is 0 Å². The van der Waals surface area contributed by atoms with E-state index in [0.29, 0.717) is 5.56 Å². The monoisotopic (exact) mass is 318 g/mol. The first-order valence-electron chi connectivity index (χ1n) is 7.77. The van der Waals surface area contributed by atoms with E-state index < -0.39 is 0 Å². The minimum absolute atomic E-state index is 0.101. The van der Waals surface area contributed by atoms with Crippen molar-refractivity contribution in [3.63, 3.8) is 0 Å². The third-order valence-corrected chi connectivity index (χ3v) is 3.77. The Labute approximate surface area is 143 Å². The fraction of sp³-hybridized carbons (Fsp3) is 0.0952. The number of rotatable bonds is 8. The van der Waals surface area contributed by atoms with Crippen molar-refractivity contribution in [1.82, 2.24) is 5.32 Å². The molecule has 24 heavy (non-hydrogen) atoms. The van der Waals surface area contributed by atoms with Crippen LogP contribution in [0.15, 0.2) is 79.9 Å². The quantitative estimate of drug-likeness (QED) is 0.425. The zero-order valence-electron chi connectivity index (χ0n) is 13.8. The highest BCUT2D eigenvalue weighted by Gasteiger charge is 2.11. The Morgan fingerprint density at radius 2 is 1.79 bits per heavy atom. The number of hydrogen-bond acceptors (Lipinski definition) is 3. The van der Waals surface area contributed by atoms with Crippen LogP contribution in [0, 0.1) is 0 Å². The first-order chi connectivity index (χ1) is 11.7. The number of nitrogens with one attached hydrogen (secondary N) is 2. The highest BCUT2D eigenvalue weighted by atomic mass is 16.1. The lowest BCUT2D eigenvalue weighted by molar-refractivity contribution is 0.112. The topological polar surface area (TPSA) is 41.1 Å². The maximum atomic E-state index is 11.2. The summed E-state index contributed by atoms with van der Waals surface area (Å²) in [5.41, 5.74) is 4.61. The molecule has 0 heterocycles. The molecule has 2 aromatic carbocycles. The van der Waals surface area contributed by atoms with Crippen LogP contribution in [-0.2, 0) is 0 Å². The molecule has 122 valence electrons. The van der Waals surface area contributed by atoms with Crippen molar-refractivity contribution in [1.29, 1.82) is 0 Å². The van der Waals surface area contributed by atoms with E-state index in [1.807, 2.05) is 61.7 Å². The number of aldehydes is 1. The summed E-state index contributed by atoms with van der Waals surface area (Å²) in [5.74, 6) is 0. The summed E-state index contributed by atoms with van der Waals surface area (Å²) < 4.78 is 0. The Morgan fingerprint density at radius 3 is 2.38 bits per heavy atom. The van der Waals surface area contributed by atoms with Crippen molar-refractivity contribution in [2.75, 3.05) is 12.4 Å². The van der Waals surface area contributed by atoms with Crippen molar-refractivity contribution in [3.05, 3.63) is 96.6 Å². The molecule has 1 atom stereocenters. The van der Waals surface area contributed by atoms with Gasteiger partial charge in [-0.2, -0.15) is 0 Å². The number of allylic oxidation sites excluding steroid dienone is 4. The molecule has 0 spiro atoms. The van der Waals surface area contributed by atoms with Gasteiger partial charge in [-0.1, -0.05) is 67.8 Å². The normalized spacial score (nSPS) is 12.3. The summed E-state index contributed by atoms with van der Waals surface area (Å²) in [6, 6.07) is 15.6. The van der Waals surface area contributed by atoms with Gasteiger partial charge in [0.25, 0.3) is 0 Å². The van der Waals surface area contributed by atoms with Gasteiger partial charge < -0.3 is 5.32 Å². The molecule has 2 aromatic rings. The average Bonchev–Trinajstić information content (AvgIpc) is 2.64. The Balaban J connectivity index is 2.25. The molecule has 0 radical (unpaired) electrons. The predicted octanol–water partition coefficient (Wildman–Crippen LogP) is 4.58. The number of anilines is 1. The third kappa shape index (κ3) is 4.09. The third-order valence-electron chi connectivity index (χ3n) is 3.77. The number of benzene rings is 2. The van der Waals surface area contributed by atoms with Crippen LogP contribution in [-0.4, -0.2) is 13.3 Å². The van der Waals surface area contributed by atoms with E-state index in [1.165, 1.54) is 0 Å². The van der Waals surface area contributed by atoms with E-state index in [0.717, 1.165) is 28.7 Å². The second-order valence-electron chi connectivity index (χ2n) is 5.25. The van der Waals surface area contributed by atoms with Crippen molar-refractivity contribution < 1.29 is 4.79 Å². The summed E-state index contributed by atoms with van der Waals surface area (Å²) in [4.78, 5) is 11.2. The van der Waals surface area contributed by atoms with Crippen molar-refractivity contribution >= 4 is 17.5 Å². The molecule has 0 aromatic heterocycles. The molecule has 1 unspecified atom stereocenters. The molecular formula is C21H22N2O.